The van der Waals surface area contributed by atoms with Crippen LogP contribution in [-0.4, -0.2) is 11.7 Å². The lowest BCUT2D eigenvalue weighted by Crippen LogP contribution is -2.25. The lowest BCUT2D eigenvalue weighted by molar-refractivity contribution is 0.668. The van der Waals surface area contributed by atoms with E-state index in [9.17, 15) is 0 Å². The number of nitrogens with two attached hydrogens (primary N) is 1. The van der Waals surface area contributed by atoms with Gasteiger partial charge in [-0.2, -0.15) is 0 Å². The second-order valence-electron chi connectivity index (χ2n) is 20.1. The van der Waals surface area contributed by atoms with Gasteiger partial charge in [0.05, 0.1) is 12.0 Å². The van der Waals surface area contributed by atoms with E-state index in [1.165, 1.54) is 90.6 Å². The summed E-state index contributed by atoms with van der Waals surface area (Å²) in [6.07, 6.45) is 0. The molecule has 3 heterocycles. The van der Waals surface area contributed by atoms with Crippen molar-refractivity contribution in [3.05, 3.63) is 276 Å². The predicted molar refractivity (Wildman–Crippen MR) is 321 cm³/mol. The molecule has 76 heavy (non-hydrogen) atoms. The molecule has 2 N–H and O–H groups in total. The molecule has 4 nitrogen and oxygen atoms in total. The SMILES string of the molecule is N/C(=N\C(=N/Cc1cccc2oc3ccc(-c4cccc(-c5ccc6c(c5)C5(c7ccccc7-c7ccccc75)c5ccccc5-6)c4)cc3c12)c1cccc2sc3ccccc3c12)c1ccc2c(c1)sc1ccccc12. The maximum atomic E-state index is 7.05. The van der Waals surface area contributed by atoms with Crippen LogP contribution in [-0.2, 0) is 12.0 Å². The van der Waals surface area contributed by atoms with Crippen molar-refractivity contribution in [1.82, 2.24) is 0 Å². The highest BCUT2D eigenvalue weighted by atomic mass is 32.1. The molecule has 16 rings (SSSR count). The van der Waals surface area contributed by atoms with Crippen LogP contribution in [0.2, 0.25) is 0 Å². The molecule has 0 radical (unpaired) electrons. The summed E-state index contributed by atoms with van der Waals surface area (Å²) in [5.74, 6) is 1.01. The fourth-order valence-corrected chi connectivity index (χ4v) is 15.0. The zero-order chi connectivity index (χ0) is 50.1. The summed E-state index contributed by atoms with van der Waals surface area (Å²) in [4.78, 5) is 10.7. The van der Waals surface area contributed by atoms with Crippen LogP contribution in [0.4, 0.5) is 0 Å². The molecule has 11 aromatic carbocycles. The smallest absolute Gasteiger partial charge is 0.158 e. The third-order valence-electron chi connectivity index (χ3n) is 16.1. The molecule has 356 valence electrons. The van der Waals surface area contributed by atoms with E-state index in [0.717, 1.165) is 55.1 Å². The molecule has 2 aliphatic rings. The van der Waals surface area contributed by atoms with Crippen molar-refractivity contribution in [3.8, 4) is 44.5 Å². The van der Waals surface area contributed by atoms with Gasteiger partial charge in [0.25, 0.3) is 0 Å². The Morgan fingerprint density at radius 2 is 0.987 bits per heavy atom. The minimum Gasteiger partial charge on any atom is -0.456 e. The number of furan rings is 1. The number of rotatable bonds is 6. The van der Waals surface area contributed by atoms with Crippen molar-refractivity contribution >= 4 is 96.6 Å². The van der Waals surface area contributed by atoms with Crippen LogP contribution < -0.4 is 5.73 Å². The first-order valence-corrected chi connectivity index (χ1v) is 27.4. The molecule has 3 aromatic heterocycles. The average Bonchev–Trinajstić information content (AvgIpc) is 4.40. The molecule has 0 unspecified atom stereocenters. The van der Waals surface area contributed by atoms with Crippen molar-refractivity contribution in [1.29, 1.82) is 0 Å². The van der Waals surface area contributed by atoms with Gasteiger partial charge >= 0.3 is 0 Å². The number of amidine groups is 2. The lowest BCUT2D eigenvalue weighted by atomic mass is 9.70. The van der Waals surface area contributed by atoms with Gasteiger partial charge in [-0.15, -0.1) is 22.7 Å². The maximum absolute atomic E-state index is 7.05. The summed E-state index contributed by atoms with van der Waals surface area (Å²) in [5.41, 5.74) is 26.4. The summed E-state index contributed by atoms with van der Waals surface area (Å²) >= 11 is 3.56. The first-order valence-electron chi connectivity index (χ1n) is 25.8. The van der Waals surface area contributed by atoms with Crippen LogP contribution in [0.25, 0.3) is 107 Å². The lowest BCUT2D eigenvalue weighted by Gasteiger charge is -2.30. The number of hydrogen-bond donors (Lipinski definition) is 1. The molecule has 6 heteroatoms. The first-order chi connectivity index (χ1) is 37.6. The van der Waals surface area contributed by atoms with E-state index in [2.05, 4.69) is 237 Å². The van der Waals surface area contributed by atoms with E-state index < -0.39 is 5.41 Å². The quantitative estimate of drug-likeness (QED) is 0.133. The molecule has 0 aliphatic heterocycles. The first kappa shape index (κ1) is 43.2. The standard InChI is InChI=1S/C70H43N3OS2/c71-68(45-31-34-52-51-20-4-9-27-62(51)76-65(52)39-45)73-69(54-22-13-29-64-67(54)53-21-5-10-28-63(53)75-64)72-40-46-16-12-26-61-66(46)55-37-43(32-35-60(55)74-61)41-14-11-15-42(36-41)44-30-33-50-49-19-3-8-25-58(49)70(59(50)38-44)56-23-6-1-17-47(56)48-18-2-7-24-57(48)70/h1-39H,40H2,(H2,71,72,73). The van der Waals surface area contributed by atoms with Crippen molar-refractivity contribution in [3.63, 3.8) is 0 Å². The van der Waals surface area contributed by atoms with E-state index in [1.54, 1.807) is 22.7 Å². The van der Waals surface area contributed by atoms with E-state index in [4.69, 9.17) is 20.1 Å². The number of hydrogen-bond acceptors (Lipinski definition) is 4. The predicted octanol–water partition coefficient (Wildman–Crippen LogP) is 18.4. The van der Waals surface area contributed by atoms with Gasteiger partial charge < -0.3 is 10.2 Å². The van der Waals surface area contributed by atoms with Gasteiger partial charge in [-0.3, -0.25) is 4.99 Å². The Labute approximate surface area is 446 Å². The van der Waals surface area contributed by atoms with Crippen LogP contribution in [0.15, 0.2) is 251 Å². The highest BCUT2D eigenvalue weighted by Crippen LogP contribution is 2.63. The fourth-order valence-electron chi connectivity index (χ4n) is 12.7. The van der Waals surface area contributed by atoms with Crippen molar-refractivity contribution in [2.24, 2.45) is 15.7 Å². The van der Waals surface area contributed by atoms with E-state index in [0.29, 0.717) is 18.2 Å². The number of thiophene rings is 2. The summed E-state index contributed by atoms with van der Waals surface area (Å²) in [6.45, 7) is 0.365. The molecule has 0 bridgehead atoms. The van der Waals surface area contributed by atoms with Gasteiger partial charge in [0.2, 0.25) is 0 Å². The number of nitrogens with zero attached hydrogens (tertiary/aromatic N) is 2. The third-order valence-corrected chi connectivity index (χ3v) is 18.3. The topological polar surface area (TPSA) is 63.9 Å². The minimum absolute atomic E-state index is 0.365. The summed E-state index contributed by atoms with van der Waals surface area (Å²) < 4.78 is 11.4. The van der Waals surface area contributed by atoms with Crippen LogP contribution in [0, 0.1) is 0 Å². The summed E-state index contributed by atoms with van der Waals surface area (Å²) in [6, 6.07) is 85.9. The Balaban J connectivity index is 0.798. The van der Waals surface area contributed by atoms with Gasteiger partial charge in [-0.25, -0.2) is 4.99 Å². The van der Waals surface area contributed by atoms with E-state index in [-0.39, 0.29) is 0 Å². The minimum atomic E-state index is -0.401. The Morgan fingerprint density at radius 1 is 0.408 bits per heavy atom. The maximum Gasteiger partial charge on any atom is 0.158 e. The summed E-state index contributed by atoms with van der Waals surface area (Å²) in [7, 11) is 0. The second-order valence-corrected chi connectivity index (χ2v) is 22.2. The number of aliphatic imine (C=N–C) groups is 2. The monoisotopic (exact) mass is 1010 g/mol. The zero-order valence-corrected chi connectivity index (χ0v) is 42.6. The molecule has 2 aliphatic carbocycles. The molecule has 0 amide bonds. The molecule has 0 saturated carbocycles. The van der Waals surface area contributed by atoms with Gasteiger partial charge in [0.1, 0.15) is 17.0 Å². The van der Waals surface area contributed by atoms with Gasteiger partial charge in [0.15, 0.2) is 5.84 Å². The Kier molecular flexibility index (Phi) is 9.47. The van der Waals surface area contributed by atoms with Gasteiger partial charge in [0, 0.05) is 62.2 Å². The Bertz CT molecular complexity index is 4770. The van der Waals surface area contributed by atoms with Crippen LogP contribution in [0.1, 0.15) is 38.9 Å². The van der Waals surface area contributed by atoms with Gasteiger partial charge in [-0.1, -0.05) is 182 Å². The van der Waals surface area contributed by atoms with Crippen molar-refractivity contribution in [2.75, 3.05) is 0 Å². The Hall–Kier alpha value is -9.20. The fraction of sp³-hybridized carbons (Fsp3) is 0.0286. The molecule has 14 aromatic rings. The summed E-state index contributed by atoms with van der Waals surface area (Å²) in [5, 5.41) is 6.88. The highest BCUT2D eigenvalue weighted by Gasteiger charge is 2.51. The molecular weight excluding hydrogens is 963 g/mol. The van der Waals surface area contributed by atoms with Crippen LogP contribution in [0.3, 0.4) is 0 Å². The van der Waals surface area contributed by atoms with Crippen LogP contribution in [0.5, 0.6) is 0 Å². The third kappa shape index (κ3) is 6.35. The number of fused-ring (bicyclic) bond motifs is 19. The van der Waals surface area contributed by atoms with Crippen LogP contribution >= 0.6 is 22.7 Å². The molecule has 0 atom stereocenters. The van der Waals surface area contributed by atoms with Crippen molar-refractivity contribution < 1.29 is 4.42 Å². The largest absolute Gasteiger partial charge is 0.456 e. The van der Waals surface area contributed by atoms with E-state index >= 15 is 0 Å². The van der Waals surface area contributed by atoms with Crippen molar-refractivity contribution in [2.45, 2.75) is 12.0 Å². The molecule has 0 saturated heterocycles. The molecular formula is C70H43N3OS2. The van der Waals surface area contributed by atoms with E-state index in [1.807, 2.05) is 0 Å². The Morgan fingerprint density at radius 3 is 1.75 bits per heavy atom. The zero-order valence-electron chi connectivity index (χ0n) is 40.9. The highest BCUT2D eigenvalue weighted by molar-refractivity contribution is 7.26. The normalized spacial score (nSPS) is 13.6. The molecule has 0 fully saturated rings. The number of benzene rings is 11. The second kappa shape index (κ2) is 16.7. The van der Waals surface area contributed by atoms with Gasteiger partial charge in [-0.05, 0) is 127 Å². The average molecular weight is 1010 g/mol. The molecule has 1 spiro atoms.